The standard InChI is InChI=1S/C11H14O.C6H6O3S/c1-2-6-10(7-3-1)11-8-4-5-9-12-11;7-10(8,9)6-4-2-1-3-5-6/h1-3,6-7,11H,4-5,8-9H2;1-5H,(H,7,8,9). The molecule has 1 N–H and O–H groups in total. The predicted molar refractivity (Wildman–Crippen MR) is 85.2 cm³/mol. The van der Waals surface area contributed by atoms with Crippen LogP contribution in [0.1, 0.15) is 30.9 Å². The normalized spacial score (nSPS) is 18.1. The summed E-state index contributed by atoms with van der Waals surface area (Å²) < 4.78 is 34.9. The zero-order valence-electron chi connectivity index (χ0n) is 12.3. The van der Waals surface area contributed by atoms with E-state index in [1.807, 2.05) is 6.07 Å². The third-order valence-electron chi connectivity index (χ3n) is 3.39. The highest BCUT2D eigenvalue weighted by Gasteiger charge is 2.14. The van der Waals surface area contributed by atoms with Crippen molar-refractivity contribution in [3.8, 4) is 0 Å². The van der Waals surface area contributed by atoms with Gasteiger partial charge in [0.1, 0.15) is 0 Å². The summed E-state index contributed by atoms with van der Waals surface area (Å²) in [5, 5.41) is 0. The molecule has 2 aromatic carbocycles. The van der Waals surface area contributed by atoms with Crippen molar-refractivity contribution in [2.75, 3.05) is 6.61 Å². The molecule has 1 saturated heterocycles. The Morgan fingerprint density at radius 2 is 1.50 bits per heavy atom. The van der Waals surface area contributed by atoms with Crippen LogP contribution < -0.4 is 0 Å². The van der Waals surface area contributed by atoms with Crippen molar-refractivity contribution in [1.82, 2.24) is 0 Å². The number of hydrogen-bond donors (Lipinski definition) is 1. The van der Waals surface area contributed by atoms with Crippen LogP contribution in [0.2, 0.25) is 0 Å². The fourth-order valence-electron chi connectivity index (χ4n) is 2.26. The second-order valence-electron chi connectivity index (χ2n) is 5.05. The molecule has 2 aromatic rings. The van der Waals surface area contributed by atoms with Crippen molar-refractivity contribution in [2.24, 2.45) is 0 Å². The van der Waals surface area contributed by atoms with Gasteiger partial charge in [-0.05, 0) is 37.0 Å². The van der Waals surface area contributed by atoms with E-state index < -0.39 is 10.1 Å². The lowest BCUT2D eigenvalue weighted by Crippen LogP contribution is -2.11. The van der Waals surface area contributed by atoms with E-state index in [0.29, 0.717) is 6.10 Å². The topological polar surface area (TPSA) is 63.6 Å². The minimum Gasteiger partial charge on any atom is -0.374 e. The highest BCUT2D eigenvalue weighted by molar-refractivity contribution is 7.85. The average Bonchev–Trinajstić information content (AvgIpc) is 2.57. The van der Waals surface area contributed by atoms with Crippen molar-refractivity contribution in [2.45, 2.75) is 30.3 Å². The lowest BCUT2D eigenvalue weighted by Gasteiger charge is -2.22. The molecule has 3 rings (SSSR count). The van der Waals surface area contributed by atoms with E-state index in [1.54, 1.807) is 18.2 Å². The molecule has 118 valence electrons. The molecule has 1 aliphatic heterocycles. The van der Waals surface area contributed by atoms with Crippen molar-refractivity contribution in [3.63, 3.8) is 0 Å². The monoisotopic (exact) mass is 320 g/mol. The van der Waals surface area contributed by atoms with E-state index in [-0.39, 0.29) is 4.90 Å². The van der Waals surface area contributed by atoms with Crippen LogP contribution in [0.4, 0.5) is 0 Å². The third-order valence-corrected chi connectivity index (χ3v) is 4.26. The zero-order chi connectivity index (χ0) is 15.8. The van der Waals surface area contributed by atoms with E-state index in [0.717, 1.165) is 6.61 Å². The summed E-state index contributed by atoms with van der Waals surface area (Å²) in [7, 11) is -4.00. The molecule has 4 nitrogen and oxygen atoms in total. The molecule has 0 aliphatic carbocycles. The summed E-state index contributed by atoms with van der Waals surface area (Å²) in [6.07, 6.45) is 4.08. The Morgan fingerprint density at radius 3 is 1.95 bits per heavy atom. The largest absolute Gasteiger partial charge is 0.374 e. The summed E-state index contributed by atoms with van der Waals surface area (Å²) in [5.74, 6) is 0. The molecule has 0 bridgehead atoms. The summed E-state index contributed by atoms with van der Waals surface area (Å²) in [5.41, 5.74) is 1.33. The molecule has 5 heteroatoms. The number of ether oxygens (including phenoxy) is 1. The molecule has 0 radical (unpaired) electrons. The first kappa shape index (κ1) is 16.7. The fraction of sp³-hybridized carbons (Fsp3) is 0.294. The second-order valence-corrected chi connectivity index (χ2v) is 6.48. The Labute approximate surface area is 131 Å². The van der Waals surface area contributed by atoms with Gasteiger partial charge in [0.05, 0.1) is 11.0 Å². The van der Waals surface area contributed by atoms with Crippen LogP contribution in [-0.4, -0.2) is 19.6 Å². The molecule has 0 saturated carbocycles. The predicted octanol–water partition coefficient (Wildman–Crippen LogP) is 3.86. The molecule has 0 spiro atoms. The average molecular weight is 320 g/mol. The summed E-state index contributed by atoms with van der Waals surface area (Å²) in [4.78, 5) is -0.0741. The SMILES string of the molecule is O=S(=O)(O)c1ccccc1.c1ccc(C2CCCCO2)cc1. The Hall–Kier alpha value is -1.69. The summed E-state index contributed by atoms with van der Waals surface area (Å²) in [6, 6.07) is 17.9. The van der Waals surface area contributed by atoms with Crippen LogP contribution >= 0.6 is 0 Å². The van der Waals surface area contributed by atoms with Crippen LogP contribution in [-0.2, 0) is 14.9 Å². The molecule has 1 heterocycles. The van der Waals surface area contributed by atoms with Crippen LogP contribution in [0.15, 0.2) is 65.6 Å². The Morgan fingerprint density at radius 1 is 0.909 bits per heavy atom. The van der Waals surface area contributed by atoms with Crippen LogP contribution in [0.5, 0.6) is 0 Å². The third kappa shape index (κ3) is 5.26. The maximum atomic E-state index is 10.4. The number of hydrogen-bond acceptors (Lipinski definition) is 3. The Kier molecular flexibility index (Phi) is 6.12. The van der Waals surface area contributed by atoms with Crippen molar-refractivity contribution in [3.05, 3.63) is 66.2 Å². The van der Waals surface area contributed by atoms with Gasteiger partial charge in [0, 0.05) is 6.61 Å². The summed E-state index contributed by atoms with van der Waals surface area (Å²) >= 11 is 0. The molecule has 0 aromatic heterocycles. The second kappa shape index (κ2) is 8.08. The minimum absolute atomic E-state index is 0.0741. The van der Waals surface area contributed by atoms with Gasteiger partial charge in [-0.1, -0.05) is 48.5 Å². The molecule has 1 aliphatic rings. The van der Waals surface area contributed by atoms with E-state index in [2.05, 4.69) is 24.3 Å². The summed E-state index contributed by atoms with van der Waals surface area (Å²) in [6.45, 7) is 0.930. The van der Waals surface area contributed by atoms with Crippen LogP contribution in [0, 0.1) is 0 Å². The first-order valence-electron chi connectivity index (χ1n) is 7.26. The van der Waals surface area contributed by atoms with E-state index in [9.17, 15) is 8.42 Å². The van der Waals surface area contributed by atoms with E-state index >= 15 is 0 Å². The highest BCUT2D eigenvalue weighted by atomic mass is 32.2. The molecule has 1 unspecified atom stereocenters. The molecular weight excluding hydrogens is 300 g/mol. The van der Waals surface area contributed by atoms with E-state index in [1.165, 1.54) is 37.0 Å². The molecule has 1 atom stereocenters. The lowest BCUT2D eigenvalue weighted by molar-refractivity contribution is 0.0149. The van der Waals surface area contributed by atoms with Gasteiger partial charge in [0.15, 0.2) is 0 Å². The minimum atomic E-state index is -4.00. The van der Waals surface area contributed by atoms with Crippen molar-refractivity contribution < 1.29 is 17.7 Å². The fourth-order valence-corrected chi connectivity index (χ4v) is 2.76. The van der Waals surface area contributed by atoms with Gasteiger partial charge in [-0.15, -0.1) is 0 Å². The molecule has 0 amide bonds. The van der Waals surface area contributed by atoms with Gasteiger partial charge >= 0.3 is 0 Å². The maximum absolute atomic E-state index is 10.4. The quantitative estimate of drug-likeness (QED) is 0.853. The van der Waals surface area contributed by atoms with Gasteiger partial charge in [-0.25, -0.2) is 0 Å². The Balaban J connectivity index is 0.000000164. The first-order valence-corrected chi connectivity index (χ1v) is 8.70. The maximum Gasteiger partial charge on any atom is 0.294 e. The number of rotatable bonds is 2. The van der Waals surface area contributed by atoms with Gasteiger partial charge in [0.2, 0.25) is 0 Å². The van der Waals surface area contributed by atoms with Crippen molar-refractivity contribution in [1.29, 1.82) is 0 Å². The first-order chi connectivity index (χ1) is 10.6. The van der Waals surface area contributed by atoms with E-state index in [4.69, 9.17) is 9.29 Å². The van der Waals surface area contributed by atoms with Crippen molar-refractivity contribution >= 4 is 10.1 Å². The van der Waals surface area contributed by atoms with Gasteiger partial charge in [0.25, 0.3) is 10.1 Å². The van der Waals surface area contributed by atoms with Crippen LogP contribution in [0.3, 0.4) is 0 Å². The molecular formula is C17H20O4S. The molecule has 1 fully saturated rings. The van der Waals surface area contributed by atoms with Gasteiger partial charge in [-0.2, -0.15) is 8.42 Å². The molecule has 22 heavy (non-hydrogen) atoms. The van der Waals surface area contributed by atoms with Crippen LogP contribution in [0.25, 0.3) is 0 Å². The number of benzene rings is 2. The Bertz CT molecular complexity index is 648. The lowest BCUT2D eigenvalue weighted by atomic mass is 10.0. The smallest absolute Gasteiger partial charge is 0.294 e. The zero-order valence-corrected chi connectivity index (χ0v) is 13.1. The van der Waals surface area contributed by atoms with Gasteiger partial charge < -0.3 is 4.74 Å². The van der Waals surface area contributed by atoms with Gasteiger partial charge in [-0.3, -0.25) is 4.55 Å². The highest BCUT2D eigenvalue weighted by Crippen LogP contribution is 2.27.